The molecule has 0 radical (unpaired) electrons. The number of hydrogen-bond acceptors (Lipinski definition) is 4. The molecule has 2 nitrogen and oxygen atoms in total. The fourth-order valence-corrected chi connectivity index (χ4v) is 4.11. The maximum Gasteiger partial charge on any atom is 0.127 e. The zero-order chi connectivity index (χ0) is 12.0. The molecule has 0 unspecified atom stereocenters. The van der Waals surface area contributed by atoms with Crippen molar-refractivity contribution in [2.75, 3.05) is 5.73 Å². The molecule has 86 valence electrons. The molecule has 3 rings (SSSR count). The van der Waals surface area contributed by atoms with Gasteiger partial charge in [-0.25, -0.2) is 4.98 Å². The summed E-state index contributed by atoms with van der Waals surface area (Å²) in [6, 6.07) is 8.22. The minimum atomic E-state index is 0.848. The Morgan fingerprint density at radius 3 is 2.76 bits per heavy atom. The third-order valence-corrected chi connectivity index (χ3v) is 4.89. The van der Waals surface area contributed by atoms with Gasteiger partial charge in [-0.3, -0.25) is 0 Å². The second-order valence-electron chi connectivity index (χ2n) is 3.77. The topological polar surface area (TPSA) is 38.9 Å². The number of hydrogen-bond donors (Lipinski definition) is 1. The highest BCUT2D eigenvalue weighted by Crippen LogP contribution is 2.38. The van der Waals surface area contributed by atoms with Crippen LogP contribution in [0.4, 0.5) is 5.00 Å². The van der Waals surface area contributed by atoms with Crippen LogP contribution in [0.15, 0.2) is 28.7 Å². The van der Waals surface area contributed by atoms with Crippen molar-refractivity contribution in [1.29, 1.82) is 0 Å². The molecule has 0 bridgehead atoms. The summed E-state index contributed by atoms with van der Waals surface area (Å²) < 4.78 is 2.26. The number of fused-ring (bicyclic) bond motifs is 1. The molecular formula is C12H9BrN2S2. The molecular weight excluding hydrogens is 316 g/mol. The lowest BCUT2D eigenvalue weighted by atomic mass is 10.3. The summed E-state index contributed by atoms with van der Waals surface area (Å²) >= 11 is 6.76. The van der Waals surface area contributed by atoms with Crippen LogP contribution in [0.1, 0.15) is 4.88 Å². The molecule has 0 amide bonds. The van der Waals surface area contributed by atoms with Crippen molar-refractivity contribution in [3.05, 3.63) is 33.6 Å². The summed E-state index contributed by atoms with van der Waals surface area (Å²) in [4.78, 5) is 5.84. The molecule has 0 atom stereocenters. The highest BCUT2D eigenvalue weighted by Gasteiger charge is 2.11. The van der Waals surface area contributed by atoms with E-state index in [1.807, 2.05) is 12.1 Å². The van der Waals surface area contributed by atoms with Gasteiger partial charge in [0.25, 0.3) is 0 Å². The number of halogens is 1. The van der Waals surface area contributed by atoms with Crippen molar-refractivity contribution < 1.29 is 0 Å². The van der Waals surface area contributed by atoms with Gasteiger partial charge in [0.2, 0.25) is 0 Å². The molecule has 0 saturated heterocycles. The van der Waals surface area contributed by atoms with Gasteiger partial charge in [0.05, 0.1) is 15.2 Å². The van der Waals surface area contributed by atoms with Gasteiger partial charge in [-0.15, -0.1) is 22.7 Å². The van der Waals surface area contributed by atoms with Crippen molar-refractivity contribution in [2.45, 2.75) is 6.92 Å². The average Bonchev–Trinajstić information content (AvgIpc) is 2.80. The lowest BCUT2D eigenvalue weighted by Gasteiger charge is -1.90. The maximum absolute atomic E-state index is 6.00. The monoisotopic (exact) mass is 324 g/mol. The molecule has 17 heavy (non-hydrogen) atoms. The van der Waals surface area contributed by atoms with Gasteiger partial charge in [0.15, 0.2) is 0 Å². The van der Waals surface area contributed by atoms with Crippen LogP contribution in [0.3, 0.4) is 0 Å². The third kappa shape index (κ3) is 1.99. The second-order valence-corrected chi connectivity index (χ2v) is 7.00. The van der Waals surface area contributed by atoms with Crippen molar-refractivity contribution in [3.63, 3.8) is 0 Å². The first-order valence-electron chi connectivity index (χ1n) is 5.06. The Morgan fingerprint density at radius 2 is 2.06 bits per heavy atom. The molecule has 0 saturated carbocycles. The van der Waals surface area contributed by atoms with E-state index in [1.54, 1.807) is 22.7 Å². The molecule has 0 spiro atoms. The van der Waals surface area contributed by atoms with Gasteiger partial charge in [-0.1, -0.05) is 15.9 Å². The van der Waals surface area contributed by atoms with E-state index in [0.29, 0.717) is 0 Å². The minimum Gasteiger partial charge on any atom is -0.390 e. The Hall–Kier alpha value is -0.910. The van der Waals surface area contributed by atoms with Crippen LogP contribution < -0.4 is 5.73 Å². The predicted octanol–water partition coefficient (Wildman–Crippen LogP) is 4.68. The zero-order valence-corrected chi connectivity index (χ0v) is 12.2. The Balaban J connectivity index is 2.21. The summed E-state index contributed by atoms with van der Waals surface area (Å²) in [5, 5.41) is 1.85. The average molecular weight is 325 g/mol. The number of aryl methyl sites for hydroxylation is 1. The molecule has 0 aliphatic carbocycles. The molecule has 2 heterocycles. The number of thiazole rings is 1. The van der Waals surface area contributed by atoms with Gasteiger partial charge < -0.3 is 5.73 Å². The number of thiophene rings is 1. The molecule has 2 aromatic heterocycles. The number of benzene rings is 1. The lowest BCUT2D eigenvalue weighted by molar-refractivity contribution is 1.48. The van der Waals surface area contributed by atoms with Crippen molar-refractivity contribution in [1.82, 2.24) is 4.98 Å². The minimum absolute atomic E-state index is 0.848. The van der Waals surface area contributed by atoms with Crippen molar-refractivity contribution in [2.24, 2.45) is 0 Å². The van der Waals surface area contributed by atoms with E-state index in [0.717, 1.165) is 25.6 Å². The van der Waals surface area contributed by atoms with Crippen molar-refractivity contribution in [3.8, 4) is 10.6 Å². The van der Waals surface area contributed by atoms with E-state index in [-0.39, 0.29) is 0 Å². The Kier molecular flexibility index (Phi) is 2.69. The number of nitrogen functional groups attached to an aromatic ring is 1. The number of nitrogens with zero attached hydrogens (tertiary/aromatic N) is 1. The van der Waals surface area contributed by atoms with Gasteiger partial charge in [0, 0.05) is 14.9 Å². The molecule has 1 aromatic carbocycles. The summed E-state index contributed by atoms with van der Waals surface area (Å²) in [5.74, 6) is 0. The number of aromatic nitrogens is 1. The Bertz CT molecular complexity index is 700. The van der Waals surface area contributed by atoms with E-state index >= 15 is 0 Å². The van der Waals surface area contributed by atoms with Crippen LogP contribution in [0.2, 0.25) is 0 Å². The smallest absolute Gasteiger partial charge is 0.127 e. The van der Waals surface area contributed by atoms with E-state index in [9.17, 15) is 0 Å². The first-order valence-corrected chi connectivity index (χ1v) is 7.48. The Labute approximate surface area is 115 Å². The SMILES string of the molecule is Cc1cc(-c2nc3ccc(Br)cc3s2)c(N)s1. The number of anilines is 1. The van der Waals surface area contributed by atoms with Crippen LogP contribution in [-0.4, -0.2) is 4.98 Å². The lowest BCUT2D eigenvalue weighted by Crippen LogP contribution is -1.81. The number of nitrogens with two attached hydrogens (primary N) is 1. The van der Waals surface area contributed by atoms with Gasteiger partial charge in [-0.2, -0.15) is 0 Å². The fraction of sp³-hybridized carbons (Fsp3) is 0.0833. The summed E-state index contributed by atoms with van der Waals surface area (Å²) in [6.45, 7) is 2.06. The van der Waals surface area contributed by atoms with Gasteiger partial charge in [0.1, 0.15) is 5.01 Å². The molecule has 3 aromatic rings. The van der Waals surface area contributed by atoms with Crippen molar-refractivity contribution >= 4 is 53.8 Å². The number of rotatable bonds is 1. The van der Waals surface area contributed by atoms with Crippen LogP contribution in [-0.2, 0) is 0 Å². The van der Waals surface area contributed by atoms with Crippen LogP contribution >= 0.6 is 38.6 Å². The standard InChI is InChI=1S/C12H9BrN2S2/c1-6-4-8(11(14)16-6)12-15-9-3-2-7(13)5-10(9)17-12/h2-5H,14H2,1H3. The molecule has 0 fully saturated rings. The Morgan fingerprint density at radius 1 is 1.24 bits per heavy atom. The zero-order valence-electron chi connectivity index (χ0n) is 9.03. The van der Waals surface area contributed by atoms with Gasteiger partial charge in [-0.05, 0) is 31.2 Å². The fourth-order valence-electron chi connectivity index (χ4n) is 1.71. The third-order valence-electron chi connectivity index (χ3n) is 2.46. The van der Waals surface area contributed by atoms with Gasteiger partial charge >= 0.3 is 0 Å². The van der Waals surface area contributed by atoms with Crippen LogP contribution in [0, 0.1) is 6.92 Å². The molecule has 0 aliphatic heterocycles. The summed E-state index contributed by atoms with van der Waals surface area (Å²) in [6.07, 6.45) is 0. The highest BCUT2D eigenvalue weighted by atomic mass is 79.9. The first-order chi connectivity index (χ1) is 8.13. The van der Waals surface area contributed by atoms with E-state index in [2.05, 4.69) is 40.0 Å². The maximum atomic E-state index is 6.00. The molecule has 0 aliphatic rings. The van der Waals surface area contributed by atoms with E-state index in [4.69, 9.17) is 5.73 Å². The largest absolute Gasteiger partial charge is 0.390 e. The normalized spacial score (nSPS) is 11.2. The van der Waals surface area contributed by atoms with Crippen LogP contribution in [0.25, 0.3) is 20.8 Å². The van der Waals surface area contributed by atoms with Crippen LogP contribution in [0.5, 0.6) is 0 Å². The summed E-state index contributed by atoms with van der Waals surface area (Å²) in [5.41, 5.74) is 8.09. The predicted molar refractivity (Wildman–Crippen MR) is 79.8 cm³/mol. The molecule has 5 heteroatoms. The van der Waals surface area contributed by atoms with E-state index < -0.39 is 0 Å². The second kappa shape index (κ2) is 4.08. The molecule has 2 N–H and O–H groups in total. The quantitative estimate of drug-likeness (QED) is 0.706. The highest BCUT2D eigenvalue weighted by molar-refractivity contribution is 9.10. The first kappa shape index (κ1) is 11.2. The summed E-state index contributed by atoms with van der Waals surface area (Å²) in [7, 11) is 0. The van der Waals surface area contributed by atoms with E-state index in [1.165, 1.54) is 9.58 Å².